The fraction of sp³-hybridized carbons (Fsp3) is 0.375. The van der Waals surface area contributed by atoms with Crippen LogP contribution in [0.15, 0.2) is 30.5 Å². The lowest BCUT2D eigenvalue weighted by atomic mass is 10.1. The van der Waals surface area contributed by atoms with Crippen LogP contribution >= 0.6 is 0 Å². The molecular weight excluding hydrogens is 285 g/mol. The van der Waals surface area contributed by atoms with E-state index in [0.29, 0.717) is 31.1 Å². The van der Waals surface area contributed by atoms with E-state index < -0.39 is 0 Å². The van der Waals surface area contributed by atoms with Crippen LogP contribution in [0.25, 0.3) is 0 Å². The molecule has 3 rings (SSSR count). The van der Waals surface area contributed by atoms with Gasteiger partial charge in [-0.3, -0.25) is 4.79 Å². The van der Waals surface area contributed by atoms with Gasteiger partial charge in [0.25, 0.3) is 0 Å². The van der Waals surface area contributed by atoms with E-state index in [0.717, 1.165) is 5.69 Å². The van der Waals surface area contributed by atoms with Crippen molar-refractivity contribution >= 4 is 5.91 Å². The molecular formula is C16H18FN3O2. The lowest BCUT2D eigenvalue weighted by molar-refractivity contribution is -0.139. The molecule has 2 aromatic rings. The van der Waals surface area contributed by atoms with E-state index in [-0.39, 0.29) is 24.2 Å². The van der Waals surface area contributed by atoms with Crippen molar-refractivity contribution < 1.29 is 13.9 Å². The highest BCUT2D eigenvalue weighted by molar-refractivity contribution is 5.79. The second-order valence-electron chi connectivity index (χ2n) is 5.40. The average Bonchev–Trinajstić information content (AvgIpc) is 2.96. The Kier molecular flexibility index (Phi) is 4.20. The number of rotatable bonds is 3. The van der Waals surface area contributed by atoms with E-state index in [1.807, 2.05) is 6.92 Å². The minimum absolute atomic E-state index is 0.0445. The summed E-state index contributed by atoms with van der Waals surface area (Å²) < 4.78 is 19.2. The molecule has 1 saturated heterocycles. The first-order valence-electron chi connectivity index (χ1n) is 7.27. The van der Waals surface area contributed by atoms with Gasteiger partial charge in [0.15, 0.2) is 0 Å². The summed E-state index contributed by atoms with van der Waals surface area (Å²) in [7, 11) is 0. The number of H-pyrrole nitrogens is 1. The maximum Gasteiger partial charge on any atom is 0.227 e. The third-order valence-electron chi connectivity index (χ3n) is 3.79. The van der Waals surface area contributed by atoms with Gasteiger partial charge < -0.3 is 14.6 Å². The number of ether oxygens (including phenoxy) is 1. The van der Waals surface area contributed by atoms with Gasteiger partial charge in [-0.1, -0.05) is 18.2 Å². The summed E-state index contributed by atoms with van der Waals surface area (Å²) in [4.78, 5) is 21.7. The van der Waals surface area contributed by atoms with Crippen LogP contribution in [-0.4, -0.2) is 40.5 Å². The van der Waals surface area contributed by atoms with E-state index in [4.69, 9.17) is 4.74 Å². The van der Waals surface area contributed by atoms with Crippen molar-refractivity contribution in [3.05, 3.63) is 53.4 Å². The van der Waals surface area contributed by atoms with Gasteiger partial charge in [-0.25, -0.2) is 9.37 Å². The number of halogens is 1. The van der Waals surface area contributed by atoms with Crippen LogP contribution in [0.4, 0.5) is 4.39 Å². The highest BCUT2D eigenvalue weighted by atomic mass is 19.1. The Morgan fingerprint density at radius 1 is 1.50 bits per heavy atom. The molecule has 1 aromatic heterocycles. The lowest BCUT2D eigenvalue weighted by Crippen LogP contribution is -2.44. The molecule has 0 radical (unpaired) electrons. The highest BCUT2D eigenvalue weighted by Crippen LogP contribution is 2.23. The quantitative estimate of drug-likeness (QED) is 0.943. The monoisotopic (exact) mass is 303 g/mol. The second kappa shape index (κ2) is 6.27. The zero-order valence-corrected chi connectivity index (χ0v) is 12.4. The topological polar surface area (TPSA) is 58.2 Å². The minimum Gasteiger partial charge on any atom is -0.377 e. The number of benzene rings is 1. The molecule has 116 valence electrons. The van der Waals surface area contributed by atoms with Crippen molar-refractivity contribution in [3.63, 3.8) is 0 Å². The molecule has 1 amide bonds. The van der Waals surface area contributed by atoms with Crippen LogP contribution in [0.2, 0.25) is 0 Å². The van der Waals surface area contributed by atoms with Gasteiger partial charge in [0.05, 0.1) is 19.6 Å². The van der Waals surface area contributed by atoms with E-state index in [2.05, 4.69) is 9.97 Å². The van der Waals surface area contributed by atoms with Crippen molar-refractivity contribution in [3.8, 4) is 0 Å². The van der Waals surface area contributed by atoms with Gasteiger partial charge in [-0.15, -0.1) is 0 Å². The Balaban J connectivity index is 1.78. The molecule has 2 heterocycles. The molecule has 0 spiro atoms. The molecule has 1 aromatic carbocycles. The summed E-state index contributed by atoms with van der Waals surface area (Å²) >= 11 is 0. The van der Waals surface area contributed by atoms with E-state index in [1.54, 1.807) is 29.3 Å². The second-order valence-corrected chi connectivity index (χ2v) is 5.40. The molecule has 0 saturated carbocycles. The fourth-order valence-corrected chi connectivity index (χ4v) is 2.64. The first-order chi connectivity index (χ1) is 10.6. The summed E-state index contributed by atoms with van der Waals surface area (Å²) in [5.74, 6) is 0.237. The number of aromatic nitrogens is 2. The minimum atomic E-state index is -0.352. The molecule has 1 aliphatic heterocycles. The number of aromatic amines is 1. The Bertz CT molecular complexity index is 671. The standard InChI is InChI=1S/C16H18FN3O2/c1-11-9-18-16(19-11)14-10-22-7-6-20(14)15(21)8-12-4-2-3-5-13(12)17/h2-5,9,14H,6-8,10H2,1H3,(H,18,19). The summed E-state index contributed by atoms with van der Waals surface area (Å²) in [6, 6.07) is 6.11. The molecule has 1 N–H and O–H groups in total. The summed E-state index contributed by atoms with van der Waals surface area (Å²) in [5.41, 5.74) is 1.34. The van der Waals surface area contributed by atoms with E-state index in [1.165, 1.54) is 6.07 Å². The summed E-state index contributed by atoms with van der Waals surface area (Å²) in [5, 5.41) is 0. The van der Waals surface area contributed by atoms with Crippen LogP contribution in [0, 0.1) is 12.7 Å². The highest BCUT2D eigenvalue weighted by Gasteiger charge is 2.30. The molecule has 0 bridgehead atoms. The maximum atomic E-state index is 13.7. The number of amides is 1. The third kappa shape index (κ3) is 3.01. The number of morpholine rings is 1. The molecule has 5 nitrogen and oxygen atoms in total. The van der Waals surface area contributed by atoms with Crippen LogP contribution in [0.1, 0.15) is 23.1 Å². The Morgan fingerprint density at radius 3 is 3.05 bits per heavy atom. The maximum absolute atomic E-state index is 13.7. The van der Waals surface area contributed by atoms with Crippen molar-refractivity contribution in [2.45, 2.75) is 19.4 Å². The number of nitrogens with zero attached hydrogens (tertiary/aromatic N) is 2. The number of nitrogens with one attached hydrogen (secondary N) is 1. The van der Waals surface area contributed by atoms with Gasteiger partial charge in [0.2, 0.25) is 5.91 Å². The lowest BCUT2D eigenvalue weighted by Gasteiger charge is -2.34. The summed E-state index contributed by atoms with van der Waals surface area (Å²) in [6.07, 6.45) is 1.77. The predicted octanol–water partition coefficient (Wildman–Crippen LogP) is 2.00. The molecule has 6 heteroatoms. The molecule has 1 aliphatic rings. The number of hydrogen-bond acceptors (Lipinski definition) is 3. The van der Waals surface area contributed by atoms with Gasteiger partial charge in [0.1, 0.15) is 17.7 Å². The van der Waals surface area contributed by atoms with Crippen LogP contribution < -0.4 is 0 Å². The van der Waals surface area contributed by atoms with Gasteiger partial charge >= 0.3 is 0 Å². The first kappa shape index (κ1) is 14.7. The Morgan fingerprint density at radius 2 is 2.32 bits per heavy atom. The first-order valence-corrected chi connectivity index (χ1v) is 7.27. The zero-order chi connectivity index (χ0) is 15.5. The van der Waals surface area contributed by atoms with Crippen LogP contribution in [0.5, 0.6) is 0 Å². The van der Waals surface area contributed by atoms with E-state index >= 15 is 0 Å². The molecule has 1 unspecified atom stereocenters. The molecule has 22 heavy (non-hydrogen) atoms. The smallest absolute Gasteiger partial charge is 0.227 e. The SMILES string of the molecule is Cc1cnc(C2COCCN2C(=O)Cc2ccccc2F)[nH]1. The number of carbonyl (C=O) groups excluding carboxylic acids is 1. The molecule has 1 fully saturated rings. The van der Waals surface area contributed by atoms with Crippen molar-refractivity contribution in [1.29, 1.82) is 0 Å². The van der Waals surface area contributed by atoms with Gasteiger partial charge in [-0.2, -0.15) is 0 Å². The normalized spacial score (nSPS) is 18.5. The van der Waals surface area contributed by atoms with E-state index in [9.17, 15) is 9.18 Å². The number of aryl methyl sites for hydroxylation is 1. The Labute approximate surface area is 128 Å². The van der Waals surface area contributed by atoms with Crippen molar-refractivity contribution in [2.75, 3.05) is 19.8 Å². The predicted molar refractivity (Wildman–Crippen MR) is 78.7 cm³/mol. The van der Waals surface area contributed by atoms with Gasteiger partial charge in [-0.05, 0) is 18.6 Å². The van der Waals surface area contributed by atoms with Crippen molar-refractivity contribution in [2.24, 2.45) is 0 Å². The van der Waals surface area contributed by atoms with Crippen LogP contribution in [0.3, 0.4) is 0 Å². The number of carbonyl (C=O) groups is 1. The fourth-order valence-electron chi connectivity index (χ4n) is 2.64. The average molecular weight is 303 g/mol. The van der Waals surface area contributed by atoms with Gasteiger partial charge in [0, 0.05) is 18.4 Å². The molecule has 1 atom stereocenters. The van der Waals surface area contributed by atoms with Crippen LogP contribution in [-0.2, 0) is 16.0 Å². The Hall–Kier alpha value is -2.21. The third-order valence-corrected chi connectivity index (χ3v) is 3.79. The largest absolute Gasteiger partial charge is 0.377 e. The molecule has 0 aliphatic carbocycles. The summed E-state index contributed by atoms with van der Waals surface area (Å²) in [6.45, 7) is 3.28. The number of hydrogen-bond donors (Lipinski definition) is 1. The van der Waals surface area contributed by atoms with Crippen molar-refractivity contribution in [1.82, 2.24) is 14.9 Å². The number of imidazole rings is 1. The zero-order valence-electron chi connectivity index (χ0n) is 12.4.